The topological polar surface area (TPSA) is 49.3 Å². The number of benzene rings is 1. The standard InChI is InChI=1S/C26H38N4O/c1-6-8-9-23(7-2)26(31)30-16-14-29(15-17-30)25-24(20(4)27-21(5)28-25)18-22-12-10-19(3)11-13-22/h10-13,23H,6-9,14-18H2,1-5H3. The third-order valence-corrected chi connectivity index (χ3v) is 6.44. The molecular weight excluding hydrogens is 384 g/mol. The van der Waals surface area contributed by atoms with E-state index < -0.39 is 0 Å². The number of piperazine rings is 1. The summed E-state index contributed by atoms with van der Waals surface area (Å²) in [6.07, 6.45) is 5.05. The van der Waals surface area contributed by atoms with Gasteiger partial charge in [0.25, 0.3) is 0 Å². The highest BCUT2D eigenvalue weighted by atomic mass is 16.2. The van der Waals surface area contributed by atoms with Gasteiger partial charge in [0.2, 0.25) is 5.91 Å². The van der Waals surface area contributed by atoms with Crippen LogP contribution in [-0.2, 0) is 11.2 Å². The van der Waals surface area contributed by atoms with Crippen molar-refractivity contribution >= 4 is 11.7 Å². The molecule has 2 aromatic rings. The van der Waals surface area contributed by atoms with Gasteiger partial charge in [0.1, 0.15) is 11.6 Å². The average Bonchev–Trinajstić information content (AvgIpc) is 2.77. The molecule has 1 fully saturated rings. The van der Waals surface area contributed by atoms with Crippen LogP contribution in [0.5, 0.6) is 0 Å². The van der Waals surface area contributed by atoms with Crippen molar-refractivity contribution in [3.8, 4) is 0 Å². The highest BCUT2D eigenvalue weighted by Crippen LogP contribution is 2.26. The van der Waals surface area contributed by atoms with Crippen molar-refractivity contribution in [2.75, 3.05) is 31.1 Å². The van der Waals surface area contributed by atoms with Crippen molar-refractivity contribution in [2.24, 2.45) is 5.92 Å². The molecule has 5 heteroatoms. The predicted octanol–water partition coefficient (Wildman–Crippen LogP) is 4.86. The Hall–Kier alpha value is -2.43. The third-order valence-electron chi connectivity index (χ3n) is 6.44. The van der Waals surface area contributed by atoms with E-state index in [1.807, 2.05) is 6.92 Å². The molecule has 0 N–H and O–H groups in total. The number of aromatic nitrogens is 2. The van der Waals surface area contributed by atoms with Crippen LogP contribution < -0.4 is 4.90 Å². The monoisotopic (exact) mass is 422 g/mol. The van der Waals surface area contributed by atoms with Gasteiger partial charge in [-0.05, 0) is 39.2 Å². The first-order valence-electron chi connectivity index (χ1n) is 11.9. The molecule has 1 aromatic carbocycles. The number of hydrogen-bond acceptors (Lipinski definition) is 4. The lowest BCUT2D eigenvalue weighted by atomic mass is 9.97. The Balaban J connectivity index is 1.73. The van der Waals surface area contributed by atoms with E-state index in [1.54, 1.807) is 0 Å². The second kappa shape index (κ2) is 10.7. The van der Waals surface area contributed by atoms with E-state index >= 15 is 0 Å². The lowest BCUT2D eigenvalue weighted by Gasteiger charge is -2.38. The molecule has 5 nitrogen and oxygen atoms in total. The largest absolute Gasteiger partial charge is 0.353 e. The number of hydrogen-bond donors (Lipinski definition) is 0. The summed E-state index contributed by atoms with van der Waals surface area (Å²) in [7, 11) is 0. The van der Waals surface area contributed by atoms with Gasteiger partial charge < -0.3 is 9.80 Å². The first-order chi connectivity index (χ1) is 14.9. The van der Waals surface area contributed by atoms with Gasteiger partial charge in [-0.15, -0.1) is 0 Å². The van der Waals surface area contributed by atoms with E-state index in [0.717, 1.165) is 75.6 Å². The SMILES string of the molecule is CCCCC(CC)C(=O)N1CCN(c2nc(C)nc(C)c2Cc2ccc(C)cc2)CC1. The number of rotatable bonds is 8. The Morgan fingerprint density at radius 3 is 2.29 bits per heavy atom. The molecule has 2 heterocycles. The van der Waals surface area contributed by atoms with Crippen LogP contribution in [0.25, 0.3) is 0 Å². The average molecular weight is 423 g/mol. The third kappa shape index (κ3) is 5.84. The van der Waals surface area contributed by atoms with E-state index in [2.05, 4.69) is 66.7 Å². The van der Waals surface area contributed by atoms with Crippen molar-refractivity contribution in [1.82, 2.24) is 14.9 Å². The summed E-state index contributed by atoms with van der Waals surface area (Å²) < 4.78 is 0. The summed E-state index contributed by atoms with van der Waals surface area (Å²) in [6.45, 7) is 13.7. The Kier molecular flexibility index (Phi) is 8.05. The van der Waals surface area contributed by atoms with Gasteiger partial charge in [-0.3, -0.25) is 4.79 Å². The molecule has 1 atom stereocenters. The Labute approximate surface area is 187 Å². The predicted molar refractivity (Wildman–Crippen MR) is 128 cm³/mol. The van der Waals surface area contributed by atoms with Crippen LogP contribution in [0.1, 0.15) is 67.7 Å². The first kappa shape index (κ1) is 23.2. The molecular formula is C26H38N4O. The van der Waals surface area contributed by atoms with Crippen LogP contribution in [-0.4, -0.2) is 47.0 Å². The normalized spacial score (nSPS) is 15.3. The minimum absolute atomic E-state index is 0.173. The number of unbranched alkanes of at least 4 members (excludes halogenated alkanes) is 1. The Morgan fingerprint density at radius 1 is 1.00 bits per heavy atom. The number of amides is 1. The molecule has 0 aliphatic carbocycles. The zero-order valence-corrected chi connectivity index (χ0v) is 19.9. The van der Waals surface area contributed by atoms with E-state index in [0.29, 0.717) is 5.91 Å². The summed E-state index contributed by atoms with van der Waals surface area (Å²) in [6, 6.07) is 8.70. The van der Waals surface area contributed by atoms with Gasteiger partial charge in [0, 0.05) is 49.8 Å². The Bertz CT molecular complexity index is 870. The number of carbonyl (C=O) groups excluding carboxylic acids is 1. The maximum Gasteiger partial charge on any atom is 0.225 e. The minimum atomic E-state index is 0.173. The van der Waals surface area contributed by atoms with Gasteiger partial charge in [-0.2, -0.15) is 0 Å². The summed E-state index contributed by atoms with van der Waals surface area (Å²) in [4.78, 5) is 26.9. The number of aryl methyl sites for hydroxylation is 3. The van der Waals surface area contributed by atoms with Crippen LogP contribution in [0.3, 0.4) is 0 Å². The quantitative estimate of drug-likeness (QED) is 0.610. The molecule has 3 rings (SSSR count). The van der Waals surface area contributed by atoms with E-state index in [4.69, 9.17) is 4.98 Å². The van der Waals surface area contributed by atoms with Crippen LogP contribution in [0, 0.1) is 26.7 Å². The molecule has 1 saturated heterocycles. The van der Waals surface area contributed by atoms with Gasteiger partial charge in [-0.25, -0.2) is 9.97 Å². The van der Waals surface area contributed by atoms with Crippen LogP contribution >= 0.6 is 0 Å². The number of carbonyl (C=O) groups is 1. The van der Waals surface area contributed by atoms with Gasteiger partial charge >= 0.3 is 0 Å². The molecule has 1 aromatic heterocycles. The zero-order chi connectivity index (χ0) is 22.4. The van der Waals surface area contributed by atoms with E-state index in [-0.39, 0.29) is 5.92 Å². The van der Waals surface area contributed by atoms with Crippen molar-refractivity contribution in [3.63, 3.8) is 0 Å². The van der Waals surface area contributed by atoms with Crippen molar-refractivity contribution in [1.29, 1.82) is 0 Å². The molecule has 0 bridgehead atoms. The lowest BCUT2D eigenvalue weighted by molar-refractivity contribution is -0.136. The fraction of sp³-hybridized carbons (Fsp3) is 0.577. The molecule has 31 heavy (non-hydrogen) atoms. The van der Waals surface area contributed by atoms with Gasteiger partial charge in [0.15, 0.2) is 0 Å². The van der Waals surface area contributed by atoms with Crippen molar-refractivity contribution in [2.45, 2.75) is 66.7 Å². The lowest BCUT2D eigenvalue weighted by Crippen LogP contribution is -2.51. The van der Waals surface area contributed by atoms with E-state index in [9.17, 15) is 4.79 Å². The molecule has 168 valence electrons. The summed E-state index contributed by atoms with van der Waals surface area (Å²) in [5.41, 5.74) is 4.79. The maximum atomic E-state index is 13.0. The van der Waals surface area contributed by atoms with Gasteiger partial charge in [-0.1, -0.05) is 56.5 Å². The summed E-state index contributed by atoms with van der Waals surface area (Å²) in [5.74, 6) is 2.36. The number of nitrogens with zero attached hydrogens (tertiary/aromatic N) is 4. The Morgan fingerprint density at radius 2 is 1.68 bits per heavy atom. The molecule has 1 amide bonds. The van der Waals surface area contributed by atoms with Crippen molar-refractivity contribution in [3.05, 3.63) is 52.5 Å². The van der Waals surface area contributed by atoms with Gasteiger partial charge in [0.05, 0.1) is 0 Å². The highest BCUT2D eigenvalue weighted by Gasteiger charge is 2.28. The molecule has 0 radical (unpaired) electrons. The number of anilines is 1. The maximum absolute atomic E-state index is 13.0. The van der Waals surface area contributed by atoms with Crippen LogP contribution in [0.15, 0.2) is 24.3 Å². The fourth-order valence-electron chi connectivity index (χ4n) is 4.45. The molecule has 0 saturated carbocycles. The summed E-state index contributed by atoms with van der Waals surface area (Å²) >= 11 is 0. The fourth-order valence-corrected chi connectivity index (χ4v) is 4.45. The smallest absolute Gasteiger partial charge is 0.225 e. The second-order valence-corrected chi connectivity index (χ2v) is 8.88. The van der Waals surface area contributed by atoms with E-state index in [1.165, 1.54) is 16.7 Å². The zero-order valence-electron chi connectivity index (χ0n) is 19.9. The van der Waals surface area contributed by atoms with Crippen LogP contribution in [0.2, 0.25) is 0 Å². The second-order valence-electron chi connectivity index (χ2n) is 8.88. The highest BCUT2D eigenvalue weighted by molar-refractivity contribution is 5.79. The molecule has 1 unspecified atom stereocenters. The first-order valence-corrected chi connectivity index (χ1v) is 11.9. The minimum Gasteiger partial charge on any atom is -0.353 e. The molecule has 1 aliphatic rings. The van der Waals surface area contributed by atoms with Crippen molar-refractivity contribution < 1.29 is 4.79 Å². The molecule has 1 aliphatic heterocycles. The summed E-state index contributed by atoms with van der Waals surface area (Å²) in [5, 5.41) is 0. The molecule has 0 spiro atoms. The van der Waals surface area contributed by atoms with Crippen LogP contribution in [0.4, 0.5) is 5.82 Å².